The number of aryl methyl sites for hydroxylation is 2. The van der Waals surface area contributed by atoms with Gasteiger partial charge in [-0.05, 0) is 56.7 Å². The smallest absolute Gasteiger partial charge is 0.135 e. The van der Waals surface area contributed by atoms with Crippen molar-refractivity contribution in [2.45, 2.75) is 45.6 Å². The molecule has 0 atom stereocenters. The van der Waals surface area contributed by atoms with E-state index in [2.05, 4.69) is 21.9 Å². The van der Waals surface area contributed by atoms with Gasteiger partial charge in [-0.2, -0.15) is 0 Å². The van der Waals surface area contributed by atoms with Crippen LogP contribution < -0.4 is 4.90 Å². The van der Waals surface area contributed by atoms with E-state index in [1.54, 1.807) is 0 Å². The largest absolute Gasteiger partial charge is 0.355 e. The Balaban J connectivity index is 1.47. The second kappa shape index (κ2) is 7.93. The molecule has 4 rings (SSSR count). The topological polar surface area (TPSA) is 32.3 Å². The minimum atomic E-state index is 0.805. The Morgan fingerprint density at radius 3 is 2.58 bits per heavy atom. The zero-order chi connectivity index (χ0) is 17.9. The molecule has 0 N–H and O–H groups in total. The van der Waals surface area contributed by atoms with E-state index >= 15 is 0 Å². The molecule has 1 saturated heterocycles. The number of hydrogen-bond donors (Lipinski definition) is 0. The van der Waals surface area contributed by atoms with Crippen molar-refractivity contribution in [3.8, 4) is 0 Å². The maximum Gasteiger partial charge on any atom is 0.135 e. The van der Waals surface area contributed by atoms with Crippen molar-refractivity contribution in [2.24, 2.45) is 0 Å². The summed E-state index contributed by atoms with van der Waals surface area (Å²) in [6, 6.07) is 8.23. The number of hydrogen-bond acceptors (Lipinski definition) is 4. The van der Waals surface area contributed by atoms with Gasteiger partial charge in [0.05, 0.1) is 0 Å². The van der Waals surface area contributed by atoms with Crippen LogP contribution in [-0.4, -0.2) is 41.0 Å². The average Bonchev–Trinajstić information content (AvgIpc) is 2.88. The molecule has 1 aliphatic carbocycles. The predicted octanol–water partition coefficient (Wildman–Crippen LogP) is 4.03. The molecule has 1 aromatic carbocycles. The number of rotatable bonds is 3. The van der Waals surface area contributed by atoms with Gasteiger partial charge in [-0.3, -0.25) is 4.90 Å². The Bertz CT molecular complexity index is 759. The minimum absolute atomic E-state index is 0.805. The molecule has 2 aliphatic rings. The molecule has 0 saturated carbocycles. The second-order valence-corrected chi connectivity index (χ2v) is 7.91. The van der Waals surface area contributed by atoms with Crippen molar-refractivity contribution in [1.82, 2.24) is 14.9 Å². The van der Waals surface area contributed by atoms with Gasteiger partial charge >= 0.3 is 0 Å². The number of benzene rings is 1. The highest BCUT2D eigenvalue weighted by molar-refractivity contribution is 6.30. The first-order valence-corrected chi connectivity index (χ1v) is 10.1. The van der Waals surface area contributed by atoms with Crippen LogP contribution in [0.4, 0.5) is 5.82 Å². The Morgan fingerprint density at radius 1 is 0.923 bits per heavy atom. The van der Waals surface area contributed by atoms with Gasteiger partial charge in [0.2, 0.25) is 0 Å². The highest BCUT2D eigenvalue weighted by atomic mass is 35.5. The molecule has 0 unspecified atom stereocenters. The molecule has 138 valence electrons. The molecule has 2 heterocycles. The lowest BCUT2D eigenvalue weighted by Crippen LogP contribution is -2.32. The lowest BCUT2D eigenvalue weighted by molar-refractivity contribution is 0.285. The fourth-order valence-corrected chi connectivity index (χ4v) is 4.27. The van der Waals surface area contributed by atoms with Crippen molar-refractivity contribution in [2.75, 3.05) is 31.1 Å². The average molecular weight is 371 g/mol. The Kier molecular flexibility index (Phi) is 5.41. The predicted molar refractivity (Wildman–Crippen MR) is 107 cm³/mol. The van der Waals surface area contributed by atoms with Crippen LogP contribution in [0.1, 0.15) is 41.9 Å². The zero-order valence-electron chi connectivity index (χ0n) is 15.5. The molecule has 0 spiro atoms. The molecule has 0 bridgehead atoms. The third-order valence-electron chi connectivity index (χ3n) is 5.48. The van der Waals surface area contributed by atoms with Gasteiger partial charge in [-0.25, -0.2) is 9.97 Å². The molecule has 2 aromatic rings. The third kappa shape index (κ3) is 4.02. The summed E-state index contributed by atoms with van der Waals surface area (Å²) >= 11 is 6.01. The summed E-state index contributed by atoms with van der Waals surface area (Å²) < 4.78 is 0. The molecular weight excluding hydrogens is 344 g/mol. The van der Waals surface area contributed by atoms with Crippen LogP contribution in [0, 0.1) is 6.92 Å². The summed E-state index contributed by atoms with van der Waals surface area (Å²) in [6.45, 7) is 7.34. The van der Waals surface area contributed by atoms with Crippen LogP contribution in [-0.2, 0) is 19.4 Å². The van der Waals surface area contributed by atoms with E-state index in [0.717, 1.165) is 56.4 Å². The fraction of sp³-hybridized carbons (Fsp3) is 0.524. The van der Waals surface area contributed by atoms with E-state index in [1.165, 1.54) is 41.9 Å². The van der Waals surface area contributed by atoms with E-state index in [1.807, 2.05) is 19.1 Å². The van der Waals surface area contributed by atoms with E-state index in [4.69, 9.17) is 21.6 Å². The number of aromatic nitrogens is 2. The lowest BCUT2D eigenvalue weighted by Gasteiger charge is -2.27. The minimum Gasteiger partial charge on any atom is -0.355 e. The van der Waals surface area contributed by atoms with Crippen molar-refractivity contribution in [1.29, 1.82) is 0 Å². The van der Waals surface area contributed by atoms with Crippen LogP contribution in [0.3, 0.4) is 0 Å². The molecule has 0 amide bonds. The van der Waals surface area contributed by atoms with Crippen LogP contribution in [0.5, 0.6) is 0 Å². The van der Waals surface area contributed by atoms with E-state index in [9.17, 15) is 0 Å². The molecular formula is C21H27ClN4. The first-order valence-electron chi connectivity index (χ1n) is 9.77. The van der Waals surface area contributed by atoms with Crippen molar-refractivity contribution < 1.29 is 0 Å². The maximum absolute atomic E-state index is 6.01. The van der Waals surface area contributed by atoms with Crippen LogP contribution in [0.2, 0.25) is 5.02 Å². The lowest BCUT2D eigenvalue weighted by atomic mass is 9.96. The first kappa shape index (κ1) is 17.7. The number of nitrogens with zero attached hydrogens (tertiary/aromatic N) is 4. The highest BCUT2D eigenvalue weighted by Gasteiger charge is 2.23. The normalized spacial score (nSPS) is 18.5. The van der Waals surface area contributed by atoms with Crippen LogP contribution in [0.25, 0.3) is 0 Å². The van der Waals surface area contributed by atoms with E-state index < -0.39 is 0 Å². The third-order valence-corrected chi connectivity index (χ3v) is 5.73. The Morgan fingerprint density at radius 2 is 1.73 bits per heavy atom. The quantitative estimate of drug-likeness (QED) is 0.816. The summed E-state index contributed by atoms with van der Waals surface area (Å²) in [4.78, 5) is 14.6. The standard InChI is InChI=1S/C21H27ClN4/c1-16-23-20-6-3-2-5-19(20)21(24-16)26-12-4-11-25(13-14-26)15-17-7-9-18(22)10-8-17/h7-10H,2-6,11-15H2,1H3. The van der Waals surface area contributed by atoms with Gasteiger partial charge in [0.1, 0.15) is 11.6 Å². The van der Waals surface area contributed by atoms with Gasteiger partial charge < -0.3 is 4.90 Å². The molecule has 1 fully saturated rings. The molecule has 1 aromatic heterocycles. The summed E-state index contributed by atoms with van der Waals surface area (Å²) in [5.74, 6) is 2.13. The van der Waals surface area contributed by atoms with Crippen molar-refractivity contribution >= 4 is 17.4 Å². The SMILES string of the molecule is Cc1nc2c(c(N3CCCN(Cc4ccc(Cl)cc4)CC3)n1)CCCC2. The summed E-state index contributed by atoms with van der Waals surface area (Å²) in [6.07, 6.45) is 5.95. The van der Waals surface area contributed by atoms with Crippen LogP contribution in [0.15, 0.2) is 24.3 Å². The summed E-state index contributed by atoms with van der Waals surface area (Å²) in [5, 5.41) is 0.805. The van der Waals surface area contributed by atoms with E-state index in [-0.39, 0.29) is 0 Å². The van der Waals surface area contributed by atoms with Gasteiger partial charge in [0.25, 0.3) is 0 Å². The fourth-order valence-electron chi connectivity index (χ4n) is 4.15. The summed E-state index contributed by atoms with van der Waals surface area (Å²) in [5.41, 5.74) is 4.03. The van der Waals surface area contributed by atoms with Crippen LogP contribution >= 0.6 is 11.6 Å². The number of halogens is 1. The first-order chi connectivity index (χ1) is 12.7. The highest BCUT2D eigenvalue weighted by Crippen LogP contribution is 2.28. The van der Waals surface area contributed by atoms with Gasteiger partial charge in [0.15, 0.2) is 0 Å². The Labute approximate surface area is 161 Å². The van der Waals surface area contributed by atoms with E-state index in [0.29, 0.717) is 0 Å². The number of anilines is 1. The molecule has 4 nitrogen and oxygen atoms in total. The van der Waals surface area contributed by atoms with Gasteiger partial charge in [-0.1, -0.05) is 23.7 Å². The maximum atomic E-state index is 6.01. The summed E-state index contributed by atoms with van der Waals surface area (Å²) in [7, 11) is 0. The molecule has 26 heavy (non-hydrogen) atoms. The Hall–Kier alpha value is -1.65. The van der Waals surface area contributed by atoms with Gasteiger partial charge in [-0.15, -0.1) is 0 Å². The monoisotopic (exact) mass is 370 g/mol. The number of fused-ring (bicyclic) bond motifs is 1. The van der Waals surface area contributed by atoms with Crippen molar-refractivity contribution in [3.05, 3.63) is 51.9 Å². The molecule has 1 aliphatic heterocycles. The van der Waals surface area contributed by atoms with Gasteiger partial charge in [0, 0.05) is 49.0 Å². The van der Waals surface area contributed by atoms with Crippen molar-refractivity contribution in [3.63, 3.8) is 0 Å². The molecule has 5 heteroatoms. The second-order valence-electron chi connectivity index (χ2n) is 7.47. The molecule has 0 radical (unpaired) electrons. The zero-order valence-corrected chi connectivity index (χ0v) is 16.3.